The van der Waals surface area contributed by atoms with Gasteiger partial charge >= 0.3 is 0 Å². The van der Waals surface area contributed by atoms with Crippen LogP contribution in [0.15, 0.2) is 41.4 Å². The zero-order chi connectivity index (χ0) is 16.1. The predicted molar refractivity (Wildman–Crippen MR) is 82.9 cm³/mol. The molecule has 0 saturated heterocycles. The van der Waals surface area contributed by atoms with Gasteiger partial charge in [-0.1, -0.05) is 17.7 Å². The van der Waals surface area contributed by atoms with Crippen molar-refractivity contribution in [3.05, 3.63) is 59.2 Å². The summed E-state index contributed by atoms with van der Waals surface area (Å²) >= 11 is 0. The molecule has 0 unspecified atom stereocenters. The third kappa shape index (κ3) is 2.11. The Morgan fingerprint density at radius 3 is 2.32 bits per heavy atom. The Kier molecular flexibility index (Phi) is 3.29. The van der Waals surface area contributed by atoms with Crippen LogP contribution in [0.1, 0.15) is 16.8 Å². The fourth-order valence-corrected chi connectivity index (χ4v) is 3.60. The lowest BCUT2D eigenvalue weighted by Crippen LogP contribution is -2.13. The van der Waals surface area contributed by atoms with Crippen molar-refractivity contribution < 1.29 is 12.8 Å². The van der Waals surface area contributed by atoms with Crippen molar-refractivity contribution in [1.29, 1.82) is 0 Å². The van der Waals surface area contributed by atoms with Gasteiger partial charge in [-0.15, -0.1) is 0 Å². The van der Waals surface area contributed by atoms with Crippen LogP contribution in [0.25, 0.3) is 11.0 Å². The highest BCUT2D eigenvalue weighted by Crippen LogP contribution is 2.25. The Morgan fingerprint density at radius 2 is 1.68 bits per heavy atom. The maximum absolute atomic E-state index is 14.3. The van der Waals surface area contributed by atoms with Gasteiger partial charge in [0, 0.05) is 17.5 Å². The van der Waals surface area contributed by atoms with Crippen LogP contribution in [0.5, 0.6) is 0 Å². The maximum Gasteiger partial charge on any atom is 0.269 e. The maximum atomic E-state index is 14.3. The molecule has 2 aromatic heterocycles. The standard InChI is InChI=1S/C16H15FN2O2S/c1-10-4-6-13(7-5-10)22(20,21)19-9-8-14-15(17)11(2)12(3)18-16(14)19/h4-9H,1-3H3. The molecule has 0 bridgehead atoms. The second kappa shape index (κ2) is 4.91. The number of aryl methyl sites for hydroxylation is 2. The van der Waals surface area contributed by atoms with E-state index in [1.54, 1.807) is 26.0 Å². The van der Waals surface area contributed by atoms with Crippen LogP contribution >= 0.6 is 0 Å². The number of aromatic nitrogens is 2. The molecule has 0 fully saturated rings. The van der Waals surface area contributed by atoms with Gasteiger partial charge in [0.1, 0.15) is 5.82 Å². The van der Waals surface area contributed by atoms with Crippen molar-refractivity contribution in [3.8, 4) is 0 Å². The minimum Gasteiger partial charge on any atom is -0.234 e. The highest BCUT2D eigenvalue weighted by Gasteiger charge is 2.22. The van der Waals surface area contributed by atoms with E-state index in [9.17, 15) is 12.8 Å². The van der Waals surface area contributed by atoms with E-state index in [-0.39, 0.29) is 15.9 Å². The van der Waals surface area contributed by atoms with Gasteiger partial charge in [-0.05, 0) is 39.0 Å². The van der Waals surface area contributed by atoms with E-state index >= 15 is 0 Å². The minimum atomic E-state index is -3.80. The SMILES string of the molecule is Cc1ccc(S(=O)(=O)n2ccc3c(F)c(C)c(C)nc32)cc1. The molecular weight excluding hydrogens is 303 g/mol. The fraction of sp³-hybridized carbons (Fsp3) is 0.188. The zero-order valence-electron chi connectivity index (χ0n) is 12.5. The number of nitrogens with zero attached hydrogens (tertiary/aromatic N) is 2. The van der Waals surface area contributed by atoms with Crippen molar-refractivity contribution in [1.82, 2.24) is 8.96 Å². The number of rotatable bonds is 2. The number of halogens is 1. The van der Waals surface area contributed by atoms with Crippen molar-refractivity contribution in [2.24, 2.45) is 0 Å². The Balaban J connectivity index is 2.28. The summed E-state index contributed by atoms with van der Waals surface area (Å²) in [6, 6.07) is 7.96. The first kappa shape index (κ1) is 14.7. The summed E-state index contributed by atoms with van der Waals surface area (Å²) in [7, 11) is -3.80. The lowest BCUT2D eigenvalue weighted by Gasteiger charge is -2.09. The van der Waals surface area contributed by atoms with Crippen LogP contribution in [0, 0.1) is 26.6 Å². The molecule has 0 amide bonds. The highest BCUT2D eigenvalue weighted by molar-refractivity contribution is 7.90. The Hall–Kier alpha value is -2.21. The number of benzene rings is 1. The van der Waals surface area contributed by atoms with Gasteiger partial charge in [0.05, 0.1) is 10.3 Å². The topological polar surface area (TPSA) is 52.0 Å². The van der Waals surface area contributed by atoms with Gasteiger partial charge in [0.15, 0.2) is 5.65 Å². The van der Waals surface area contributed by atoms with Crippen molar-refractivity contribution in [2.45, 2.75) is 25.7 Å². The third-order valence-corrected chi connectivity index (χ3v) is 5.47. The average Bonchev–Trinajstić information content (AvgIpc) is 2.90. The lowest BCUT2D eigenvalue weighted by molar-refractivity contribution is 0.588. The molecule has 3 aromatic rings. The normalized spacial score (nSPS) is 12.0. The average molecular weight is 318 g/mol. The van der Waals surface area contributed by atoms with Gasteiger partial charge in [-0.3, -0.25) is 0 Å². The summed E-state index contributed by atoms with van der Waals surface area (Å²) in [6.07, 6.45) is 1.34. The van der Waals surface area contributed by atoms with Crippen molar-refractivity contribution in [2.75, 3.05) is 0 Å². The summed E-state index contributed by atoms with van der Waals surface area (Å²) < 4.78 is 40.8. The van der Waals surface area contributed by atoms with Crippen LogP contribution in [-0.4, -0.2) is 17.4 Å². The quantitative estimate of drug-likeness (QED) is 0.728. The Labute approximate surface area is 128 Å². The van der Waals surface area contributed by atoms with E-state index < -0.39 is 15.8 Å². The van der Waals surface area contributed by atoms with Gasteiger partial charge in [-0.25, -0.2) is 21.8 Å². The molecule has 0 spiro atoms. The third-order valence-electron chi connectivity index (χ3n) is 3.79. The minimum absolute atomic E-state index is 0.112. The number of pyridine rings is 1. The summed E-state index contributed by atoms with van der Waals surface area (Å²) in [5.41, 5.74) is 1.98. The first-order valence-electron chi connectivity index (χ1n) is 6.78. The van der Waals surface area contributed by atoms with E-state index in [2.05, 4.69) is 4.98 Å². The van der Waals surface area contributed by atoms with Crippen molar-refractivity contribution in [3.63, 3.8) is 0 Å². The molecule has 0 aliphatic carbocycles. The zero-order valence-corrected chi connectivity index (χ0v) is 13.3. The van der Waals surface area contributed by atoms with Gasteiger partial charge < -0.3 is 0 Å². The van der Waals surface area contributed by atoms with Crippen LogP contribution in [0.3, 0.4) is 0 Å². The molecule has 6 heteroatoms. The molecule has 0 saturated carbocycles. The molecular formula is C16H15FN2O2S. The summed E-state index contributed by atoms with van der Waals surface area (Å²) in [5.74, 6) is -0.430. The molecule has 1 aromatic carbocycles. The first-order valence-corrected chi connectivity index (χ1v) is 8.22. The molecule has 0 atom stereocenters. The van der Waals surface area contributed by atoms with Gasteiger partial charge in [-0.2, -0.15) is 0 Å². The van der Waals surface area contributed by atoms with E-state index in [0.29, 0.717) is 11.3 Å². The summed E-state index contributed by atoms with van der Waals surface area (Å²) in [4.78, 5) is 4.40. The van der Waals surface area contributed by atoms with Crippen LogP contribution in [-0.2, 0) is 10.0 Å². The second-order valence-corrected chi connectivity index (χ2v) is 7.12. The largest absolute Gasteiger partial charge is 0.269 e. The van der Waals surface area contributed by atoms with E-state index in [4.69, 9.17) is 0 Å². The molecule has 0 N–H and O–H groups in total. The number of hydrogen-bond acceptors (Lipinski definition) is 3. The van der Waals surface area contributed by atoms with E-state index in [1.165, 1.54) is 24.4 Å². The molecule has 0 aliphatic heterocycles. The van der Waals surface area contributed by atoms with Crippen LogP contribution in [0.2, 0.25) is 0 Å². The van der Waals surface area contributed by atoms with E-state index in [0.717, 1.165) is 9.54 Å². The van der Waals surface area contributed by atoms with Crippen LogP contribution in [0.4, 0.5) is 4.39 Å². The van der Waals surface area contributed by atoms with Crippen LogP contribution < -0.4 is 0 Å². The van der Waals surface area contributed by atoms with Gasteiger partial charge in [0.2, 0.25) is 0 Å². The summed E-state index contributed by atoms with van der Waals surface area (Å²) in [5, 5.41) is 0.207. The predicted octanol–water partition coefficient (Wildman–Crippen LogP) is 3.34. The molecule has 114 valence electrons. The highest BCUT2D eigenvalue weighted by atomic mass is 32.2. The Morgan fingerprint density at radius 1 is 1.05 bits per heavy atom. The second-order valence-electron chi connectivity index (χ2n) is 5.30. The lowest BCUT2D eigenvalue weighted by atomic mass is 10.2. The number of fused-ring (bicyclic) bond motifs is 1. The molecule has 22 heavy (non-hydrogen) atoms. The summed E-state index contributed by atoms with van der Waals surface area (Å²) in [6.45, 7) is 5.17. The molecule has 4 nitrogen and oxygen atoms in total. The number of hydrogen-bond donors (Lipinski definition) is 0. The molecule has 3 rings (SSSR count). The monoisotopic (exact) mass is 318 g/mol. The first-order chi connectivity index (χ1) is 10.3. The smallest absolute Gasteiger partial charge is 0.234 e. The molecule has 0 aliphatic rings. The van der Waals surface area contributed by atoms with E-state index in [1.807, 2.05) is 6.92 Å². The molecule has 2 heterocycles. The van der Waals surface area contributed by atoms with Gasteiger partial charge in [0.25, 0.3) is 10.0 Å². The fourth-order valence-electron chi connectivity index (χ4n) is 2.31. The Bertz CT molecular complexity index is 974. The molecule has 0 radical (unpaired) electrons. The van der Waals surface area contributed by atoms with Crippen molar-refractivity contribution >= 4 is 21.1 Å².